The van der Waals surface area contributed by atoms with Crippen molar-refractivity contribution in [2.75, 3.05) is 0 Å². The number of hydrogen-bond donors (Lipinski definition) is 1. The largest absolute Gasteiger partial charge is 0.273 e. The maximum Gasteiger partial charge on any atom is 0.243 e. The van der Waals surface area contributed by atoms with E-state index in [0.717, 1.165) is 17.0 Å². The highest BCUT2D eigenvalue weighted by Crippen LogP contribution is 2.47. The predicted molar refractivity (Wildman–Crippen MR) is 82.0 cm³/mol. The molecule has 1 heterocycles. The van der Waals surface area contributed by atoms with Crippen molar-refractivity contribution in [2.45, 2.75) is 19.3 Å². The van der Waals surface area contributed by atoms with E-state index < -0.39 is 0 Å². The second-order valence-corrected chi connectivity index (χ2v) is 5.96. The first kappa shape index (κ1) is 13.1. The third-order valence-corrected chi connectivity index (χ3v) is 4.55. The Morgan fingerprint density at radius 2 is 2.05 bits per heavy atom. The molecule has 3 rings (SSSR count). The van der Waals surface area contributed by atoms with Gasteiger partial charge in [0.1, 0.15) is 0 Å². The Balaban J connectivity index is 1.58. The molecular formula is C16H16N2OS. The number of benzene rings is 1. The Morgan fingerprint density at radius 1 is 1.25 bits per heavy atom. The highest BCUT2D eigenvalue weighted by molar-refractivity contribution is 7.12. The number of thiophene rings is 1. The first-order valence-electron chi connectivity index (χ1n) is 6.68. The van der Waals surface area contributed by atoms with E-state index in [1.807, 2.05) is 42.6 Å². The Kier molecular flexibility index (Phi) is 3.65. The second kappa shape index (κ2) is 5.59. The van der Waals surface area contributed by atoms with Gasteiger partial charge in [-0.3, -0.25) is 4.79 Å². The van der Waals surface area contributed by atoms with Crippen molar-refractivity contribution in [2.24, 2.45) is 11.0 Å². The molecule has 2 atom stereocenters. The second-order valence-electron chi connectivity index (χ2n) is 5.01. The number of nitrogens with zero attached hydrogens (tertiary/aromatic N) is 1. The lowest BCUT2D eigenvalue weighted by Gasteiger charge is -2.01. The van der Waals surface area contributed by atoms with E-state index >= 15 is 0 Å². The molecule has 1 aromatic carbocycles. The summed E-state index contributed by atoms with van der Waals surface area (Å²) in [6.07, 6.45) is 0.920. The van der Waals surface area contributed by atoms with E-state index in [-0.39, 0.29) is 11.8 Å². The summed E-state index contributed by atoms with van der Waals surface area (Å²) in [4.78, 5) is 13.1. The molecule has 0 unspecified atom stereocenters. The standard InChI is InChI=1S/C16H16N2OS/c1-11(15-8-5-9-20-15)17-18-16(19)14-10-13(14)12-6-3-2-4-7-12/h2-9,13-14H,10H2,1H3,(H,18,19)/b17-11-/t13-,14-/m0/s1. The molecule has 102 valence electrons. The third kappa shape index (κ3) is 2.80. The summed E-state index contributed by atoms with van der Waals surface area (Å²) in [6.45, 7) is 1.91. The van der Waals surface area contributed by atoms with E-state index in [4.69, 9.17) is 0 Å². The van der Waals surface area contributed by atoms with Crippen LogP contribution in [-0.4, -0.2) is 11.6 Å². The lowest BCUT2D eigenvalue weighted by molar-refractivity contribution is -0.122. The Morgan fingerprint density at radius 3 is 2.75 bits per heavy atom. The molecular weight excluding hydrogens is 268 g/mol. The molecule has 1 aliphatic rings. The molecule has 1 aromatic heterocycles. The zero-order valence-corrected chi connectivity index (χ0v) is 12.1. The van der Waals surface area contributed by atoms with E-state index in [0.29, 0.717) is 5.92 Å². The molecule has 0 radical (unpaired) electrons. The first-order valence-corrected chi connectivity index (χ1v) is 7.56. The molecule has 20 heavy (non-hydrogen) atoms. The lowest BCUT2D eigenvalue weighted by atomic mass is 10.1. The maximum absolute atomic E-state index is 12.0. The fraction of sp³-hybridized carbons (Fsp3) is 0.250. The number of amides is 1. The quantitative estimate of drug-likeness (QED) is 0.678. The number of rotatable bonds is 4. The smallest absolute Gasteiger partial charge is 0.243 e. The summed E-state index contributed by atoms with van der Waals surface area (Å²) in [5, 5.41) is 6.19. The van der Waals surface area contributed by atoms with E-state index in [1.54, 1.807) is 11.3 Å². The summed E-state index contributed by atoms with van der Waals surface area (Å²) >= 11 is 1.62. The van der Waals surface area contributed by atoms with Gasteiger partial charge < -0.3 is 0 Å². The number of hydrazone groups is 1. The number of hydrogen-bond acceptors (Lipinski definition) is 3. The first-order chi connectivity index (χ1) is 9.75. The van der Waals surface area contributed by atoms with Crippen LogP contribution in [0.4, 0.5) is 0 Å². The highest BCUT2D eigenvalue weighted by atomic mass is 32.1. The molecule has 3 nitrogen and oxygen atoms in total. The average Bonchev–Trinajstić information content (AvgIpc) is 3.10. The van der Waals surface area contributed by atoms with Gasteiger partial charge in [0.25, 0.3) is 0 Å². The van der Waals surface area contributed by atoms with Crippen LogP contribution in [0.3, 0.4) is 0 Å². The van der Waals surface area contributed by atoms with Crippen LogP contribution < -0.4 is 5.43 Å². The van der Waals surface area contributed by atoms with Crippen LogP contribution in [0.15, 0.2) is 52.9 Å². The van der Waals surface area contributed by atoms with Crippen molar-refractivity contribution in [1.29, 1.82) is 0 Å². The SMILES string of the molecule is C/C(=N/NC(=O)[C@H]1C[C@H]1c1ccccc1)c1cccs1. The fourth-order valence-corrected chi connectivity index (χ4v) is 2.99. The van der Waals surface area contributed by atoms with Crippen LogP contribution >= 0.6 is 11.3 Å². The van der Waals surface area contributed by atoms with Gasteiger partial charge in [0.2, 0.25) is 5.91 Å². The van der Waals surface area contributed by atoms with Gasteiger partial charge in [0.05, 0.1) is 5.71 Å². The molecule has 0 spiro atoms. The monoisotopic (exact) mass is 284 g/mol. The van der Waals surface area contributed by atoms with Gasteiger partial charge in [-0.25, -0.2) is 5.43 Å². The van der Waals surface area contributed by atoms with Gasteiger partial charge in [-0.2, -0.15) is 5.10 Å². The van der Waals surface area contributed by atoms with Crippen LogP contribution in [0, 0.1) is 5.92 Å². The van der Waals surface area contributed by atoms with Crippen molar-refractivity contribution in [1.82, 2.24) is 5.43 Å². The van der Waals surface area contributed by atoms with Crippen molar-refractivity contribution < 1.29 is 4.79 Å². The zero-order chi connectivity index (χ0) is 13.9. The molecule has 0 aliphatic heterocycles. The summed E-state index contributed by atoms with van der Waals surface area (Å²) in [5.74, 6) is 0.445. The van der Waals surface area contributed by atoms with Crippen LogP contribution in [0.1, 0.15) is 29.7 Å². The van der Waals surface area contributed by atoms with Gasteiger partial charge in [-0.1, -0.05) is 36.4 Å². The van der Waals surface area contributed by atoms with E-state index in [2.05, 4.69) is 22.7 Å². The van der Waals surface area contributed by atoms with Gasteiger partial charge in [0, 0.05) is 10.8 Å². The molecule has 0 saturated heterocycles. The van der Waals surface area contributed by atoms with Gasteiger partial charge in [-0.15, -0.1) is 11.3 Å². The zero-order valence-electron chi connectivity index (χ0n) is 11.2. The van der Waals surface area contributed by atoms with Crippen LogP contribution in [-0.2, 0) is 4.79 Å². The summed E-state index contributed by atoms with van der Waals surface area (Å²) in [7, 11) is 0. The molecule has 1 fully saturated rings. The number of carbonyl (C=O) groups is 1. The fourth-order valence-electron chi connectivity index (χ4n) is 2.31. The topological polar surface area (TPSA) is 41.5 Å². The average molecular weight is 284 g/mol. The minimum absolute atomic E-state index is 0.0229. The molecule has 1 N–H and O–H groups in total. The third-order valence-electron chi connectivity index (χ3n) is 3.57. The van der Waals surface area contributed by atoms with Crippen molar-refractivity contribution in [3.63, 3.8) is 0 Å². The maximum atomic E-state index is 12.0. The van der Waals surface area contributed by atoms with Crippen molar-refractivity contribution in [3.05, 3.63) is 58.3 Å². The normalized spacial score (nSPS) is 21.6. The minimum Gasteiger partial charge on any atom is -0.273 e. The molecule has 1 amide bonds. The summed E-state index contributed by atoms with van der Waals surface area (Å²) < 4.78 is 0. The lowest BCUT2D eigenvalue weighted by Crippen LogP contribution is -2.21. The number of nitrogens with one attached hydrogen (secondary N) is 1. The van der Waals surface area contributed by atoms with Gasteiger partial charge in [0.15, 0.2) is 0 Å². The predicted octanol–water partition coefficient (Wildman–Crippen LogP) is 3.39. The van der Waals surface area contributed by atoms with Gasteiger partial charge in [-0.05, 0) is 36.3 Å². The Bertz CT molecular complexity index is 619. The minimum atomic E-state index is 0.0229. The van der Waals surface area contributed by atoms with Gasteiger partial charge >= 0.3 is 0 Å². The van der Waals surface area contributed by atoms with E-state index in [9.17, 15) is 4.79 Å². The number of carbonyl (C=O) groups excluding carboxylic acids is 1. The molecule has 4 heteroatoms. The molecule has 2 aromatic rings. The summed E-state index contributed by atoms with van der Waals surface area (Å²) in [5.41, 5.74) is 4.78. The Hall–Kier alpha value is -1.94. The van der Waals surface area contributed by atoms with E-state index in [1.165, 1.54) is 5.56 Å². The summed E-state index contributed by atoms with van der Waals surface area (Å²) in [6, 6.07) is 14.2. The van der Waals surface area contributed by atoms with Crippen LogP contribution in [0.25, 0.3) is 0 Å². The molecule has 1 saturated carbocycles. The Labute approximate surface area is 122 Å². The van der Waals surface area contributed by atoms with Crippen LogP contribution in [0.2, 0.25) is 0 Å². The molecule has 1 aliphatic carbocycles. The highest BCUT2D eigenvalue weighted by Gasteiger charge is 2.43. The van der Waals surface area contributed by atoms with Crippen molar-refractivity contribution in [3.8, 4) is 0 Å². The van der Waals surface area contributed by atoms with Crippen LogP contribution in [0.5, 0.6) is 0 Å². The van der Waals surface area contributed by atoms with Crippen molar-refractivity contribution >= 4 is 23.0 Å². The molecule has 0 bridgehead atoms.